The molecule has 0 aromatic heterocycles. The van der Waals surface area contributed by atoms with Crippen LogP contribution in [-0.4, -0.2) is 37.1 Å². The van der Waals surface area contributed by atoms with Crippen molar-refractivity contribution in [1.82, 2.24) is 10.7 Å². The lowest BCUT2D eigenvalue weighted by atomic mass is 10.1. The Morgan fingerprint density at radius 2 is 1.90 bits per heavy atom. The van der Waals surface area contributed by atoms with Crippen molar-refractivity contribution in [2.24, 2.45) is 11.0 Å². The van der Waals surface area contributed by atoms with E-state index in [1.807, 2.05) is 13.0 Å². The normalized spacial score (nSPS) is 16.7. The summed E-state index contributed by atoms with van der Waals surface area (Å²) in [5.41, 5.74) is 3.75. The number of carbonyl (C=O) groups is 4. The van der Waals surface area contributed by atoms with Crippen LogP contribution in [0.5, 0.6) is 5.75 Å². The number of hydrogen-bond acceptors (Lipinski definition) is 6. The molecule has 2 aromatic carbocycles. The van der Waals surface area contributed by atoms with Crippen molar-refractivity contribution >= 4 is 35.7 Å². The average molecular weight is 394 g/mol. The predicted molar refractivity (Wildman–Crippen MR) is 105 cm³/mol. The number of imide groups is 2. The molecule has 1 saturated heterocycles. The van der Waals surface area contributed by atoms with Crippen LogP contribution in [0.2, 0.25) is 0 Å². The number of hydrazone groups is 1. The minimum absolute atomic E-state index is 0.318. The zero-order chi connectivity index (χ0) is 21.0. The van der Waals surface area contributed by atoms with E-state index in [1.165, 1.54) is 7.11 Å². The van der Waals surface area contributed by atoms with E-state index < -0.39 is 29.7 Å². The van der Waals surface area contributed by atoms with Crippen LogP contribution in [0.15, 0.2) is 53.6 Å². The van der Waals surface area contributed by atoms with E-state index >= 15 is 0 Å². The SMILES string of the molecule is COc1ccc(C(=O)N/N=C\[C@H]2C(=O)NC(=O)N(c3cccc(C)c3)C2=O)cc1. The van der Waals surface area contributed by atoms with Crippen LogP contribution in [-0.2, 0) is 9.59 Å². The number of barbiturate groups is 1. The fraction of sp³-hybridized carbons (Fsp3) is 0.150. The fourth-order valence-corrected chi connectivity index (χ4v) is 2.71. The molecule has 1 aliphatic heterocycles. The van der Waals surface area contributed by atoms with E-state index in [-0.39, 0.29) is 0 Å². The van der Waals surface area contributed by atoms with Gasteiger partial charge in [0, 0.05) is 11.8 Å². The predicted octanol–water partition coefficient (Wildman–Crippen LogP) is 1.62. The molecule has 0 aliphatic carbocycles. The molecular weight excluding hydrogens is 376 g/mol. The van der Waals surface area contributed by atoms with Gasteiger partial charge in [-0.25, -0.2) is 15.1 Å². The van der Waals surface area contributed by atoms with Crippen LogP contribution in [0.4, 0.5) is 10.5 Å². The van der Waals surface area contributed by atoms with Gasteiger partial charge >= 0.3 is 6.03 Å². The number of carbonyl (C=O) groups excluding carboxylic acids is 4. The van der Waals surface area contributed by atoms with E-state index in [9.17, 15) is 19.2 Å². The molecule has 5 amide bonds. The highest BCUT2D eigenvalue weighted by Gasteiger charge is 2.40. The lowest BCUT2D eigenvalue weighted by Crippen LogP contribution is -2.58. The Morgan fingerprint density at radius 1 is 1.17 bits per heavy atom. The van der Waals surface area contributed by atoms with Crippen molar-refractivity contribution in [3.63, 3.8) is 0 Å². The number of hydrogen-bond donors (Lipinski definition) is 2. The van der Waals surface area contributed by atoms with Gasteiger partial charge in [0.25, 0.3) is 11.8 Å². The summed E-state index contributed by atoms with van der Waals surface area (Å²) in [6.07, 6.45) is 0.994. The number of ether oxygens (including phenoxy) is 1. The number of rotatable bonds is 5. The molecule has 148 valence electrons. The second-order valence-corrected chi connectivity index (χ2v) is 6.23. The van der Waals surface area contributed by atoms with Crippen molar-refractivity contribution in [2.75, 3.05) is 12.0 Å². The Kier molecular flexibility index (Phi) is 5.68. The molecule has 9 nitrogen and oxygen atoms in total. The van der Waals surface area contributed by atoms with Gasteiger partial charge in [0.2, 0.25) is 5.91 Å². The maximum atomic E-state index is 12.7. The molecule has 0 bridgehead atoms. The summed E-state index contributed by atoms with van der Waals surface area (Å²) in [6.45, 7) is 1.81. The smallest absolute Gasteiger partial charge is 0.335 e. The van der Waals surface area contributed by atoms with Gasteiger partial charge in [-0.05, 0) is 48.9 Å². The van der Waals surface area contributed by atoms with Crippen LogP contribution < -0.4 is 20.4 Å². The van der Waals surface area contributed by atoms with E-state index in [1.54, 1.807) is 42.5 Å². The molecule has 1 fully saturated rings. The zero-order valence-corrected chi connectivity index (χ0v) is 15.7. The van der Waals surface area contributed by atoms with Crippen LogP contribution in [0, 0.1) is 12.8 Å². The van der Waals surface area contributed by atoms with Crippen molar-refractivity contribution < 1.29 is 23.9 Å². The quantitative estimate of drug-likeness (QED) is 0.454. The second kappa shape index (κ2) is 8.34. The molecule has 0 radical (unpaired) electrons. The van der Waals surface area contributed by atoms with E-state index in [0.717, 1.165) is 16.7 Å². The van der Waals surface area contributed by atoms with Gasteiger partial charge in [0.05, 0.1) is 12.8 Å². The number of nitrogens with zero attached hydrogens (tertiary/aromatic N) is 2. The second-order valence-electron chi connectivity index (χ2n) is 6.23. The van der Waals surface area contributed by atoms with Gasteiger partial charge in [0.15, 0.2) is 5.92 Å². The minimum atomic E-state index is -1.36. The number of benzene rings is 2. The summed E-state index contributed by atoms with van der Waals surface area (Å²) in [6, 6.07) is 12.2. The van der Waals surface area contributed by atoms with Gasteiger partial charge < -0.3 is 4.74 Å². The van der Waals surface area contributed by atoms with Gasteiger partial charge in [-0.3, -0.25) is 19.7 Å². The number of aryl methyl sites for hydroxylation is 1. The van der Waals surface area contributed by atoms with E-state index in [4.69, 9.17) is 4.74 Å². The molecule has 2 N–H and O–H groups in total. The number of urea groups is 1. The topological polar surface area (TPSA) is 117 Å². The van der Waals surface area contributed by atoms with Gasteiger partial charge in [0.1, 0.15) is 5.75 Å². The summed E-state index contributed by atoms with van der Waals surface area (Å²) in [5, 5.41) is 5.83. The highest BCUT2D eigenvalue weighted by molar-refractivity contribution is 6.32. The van der Waals surface area contributed by atoms with Crippen LogP contribution in [0.3, 0.4) is 0 Å². The van der Waals surface area contributed by atoms with E-state index in [2.05, 4.69) is 15.8 Å². The molecule has 1 aliphatic rings. The first-order chi connectivity index (χ1) is 13.9. The summed E-state index contributed by atoms with van der Waals surface area (Å²) < 4.78 is 5.02. The molecule has 29 heavy (non-hydrogen) atoms. The summed E-state index contributed by atoms with van der Waals surface area (Å²) >= 11 is 0. The van der Waals surface area contributed by atoms with Crippen LogP contribution in [0.1, 0.15) is 15.9 Å². The third-order valence-electron chi connectivity index (χ3n) is 4.20. The molecule has 9 heteroatoms. The third-order valence-corrected chi connectivity index (χ3v) is 4.20. The standard InChI is InChI=1S/C20H18N4O5/c1-12-4-3-5-14(10-12)24-19(27)16(18(26)22-20(24)28)11-21-23-17(25)13-6-8-15(29-2)9-7-13/h3-11,16H,1-2H3,(H,23,25)(H,22,26,28)/b21-11-/t16-/m0/s1. The summed E-state index contributed by atoms with van der Waals surface area (Å²) in [5.74, 6) is -2.86. The molecule has 3 rings (SSSR count). The first-order valence-electron chi connectivity index (χ1n) is 8.63. The van der Waals surface area contributed by atoms with Crippen molar-refractivity contribution in [3.8, 4) is 5.75 Å². The third kappa shape index (κ3) is 4.29. The maximum absolute atomic E-state index is 12.7. The number of methoxy groups -OCH3 is 1. The minimum Gasteiger partial charge on any atom is -0.497 e. The van der Waals surface area contributed by atoms with Crippen molar-refractivity contribution in [2.45, 2.75) is 6.92 Å². The Bertz CT molecular complexity index is 1000. The average Bonchev–Trinajstić information content (AvgIpc) is 2.70. The van der Waals surface area contributed by atoms with Crippen LogP contribution in [0.25, 0.3) is 0 Å². The lowest BCUT2D eigenvalue weighted by Gasteiger charge is -2.28. The first-order valence-corrected chi connectivity index (χ1v) is 8.63. The molecule has 0 unspecified atom stereocenters. The Labute approximate surface area is 166 Å². The largest absolute Gasteiger partial charge is 0.497 e. The highest BCUT2D eigenvalue weighted by Crippen LogP contribution is 2.21. The summed E-state index contributed by atoms with van der Waals surface area (Å²) in [7, 11) is 1.51. The molecule has 1 atom stereocenters. The highest BCUT2D eigenvalue weighted by atomic mass is 16.5. The first kappa shape index (κ1) is 19.7. The fourth-order valence-electron chi connectivity index (χ4n) is 2.71. The molecule has 1 heterocycles. The Morgan fingerprint density at radius 3 is 2.55 bits per heavy atom. The maximum Gasteiger partial charge on any atom is 0.335 e. The summed E-state index contributed by atoms with van der Waals surface area (Å²) in [4.78, 5) is 49.9. The molecule has 2 aromatic rings. The zero-order valence-electron chi connectivity index (χ0n) is 15.7. The molecular formula is C20H18N4O5. The Hall–Kier alpha value is -4.01. The van der Waals surface area contributed by atoms with E-state index in [0.29, 0.717) is 17.0 Å². The van der Waals surface area contributed by atoms with Gasteiger partial charge in [-0.15, -0.1) is 0 Å². The molecule has 0 spiro atoms. The van der Waals surface area contributed by atoms with Gasteiger partial charge in [-0.1, -0.05) is 12.1 Å². The van der Waals surface area contributed by atoms with Crippen molar-refractivity contribution in [1.29, 1.82) is 0 Å². The van der Waals surface area contributed by atoms with Crippen LogP contribution >= 0.6 is 0 Å². The molecule has 0 saturated carbocycles. The number of amides is 5. The van der Waals surface area contributed by atoms with Crippen molar-refractivity contribution in [3.05, 3.63) is 59.7 Å². The lowest BCUT2D eigenvalue weighted by molar-refractivity contribution is -0.131. The number of anilines is 1. The number of nitrogens with one attached hydrogen (secondary N) is 2. The monoisotopic (exact) mass is 394 g/mol. The van der Waals surface area contributed by atoms with Gasteiger partial charge in [-0.2, -0.15) is 5.10 Å². The Balaban J connectivity index is 1.73.